The summed E-state index contributed by atoms with van der Waals surface area (Å²) in [5, 5.41) is 2.90. The molecule has 0 amide bonds. The maximum absolute atomic E-state index is 5.03. The van der Waals surface area contributed by atoms with E-state index in [0.29, 0.717) is 5.96 Å². The maximum atomic E-state index is 5.03. The van der Waals surface area contributed by atoms with Crippen LogP contribution >= 0.6 is 0 Å². The van der Waals surface area contributed by atoms with Gasteiger partial charge in [0, 0.05) is 13.6 Å². The third kappa shape index (κ3) is 2.41. The van der Waals surface area contributed by atoms with Crippen LogP contribution < -0.4 is 16.6 Å². The fraction of sp³-hybridized carbons (Fsp3) is 0.750. The molecule has 0 unspecified atom stereocenters. The Kier molecular flexibility index (Phi) is 3.97. The fourth-order valence-corrected chi connectivity index (χ4v) is 0.362. The molecule has 4 heteroatoms. The van der Waals surface area contributed by atoms with Crippen LogP contribution in [0.3, 0.4) is 0 Å². The van der Waals surface area contributed by atoms with Crippen molar-refractivity contribution < 1.29 is 0 Å². The van der Waals surface area contributed by atoms with E-state index in [1.54, 1.807) is 7.05 Å². The normalized spacial score (nSPS) is 11.1. The Hall–Kier alpha value is -0.770. The first kappa shape index (κ1) is 7.23. The molecule has 4 N–H and O–H groups in total. The van der Waals surface area contributed by atoms with Gasteiger partial charge in [-0.2, -0.15) is 0 Å². The van der Waals surface area contributed by atoms with Gasteiger partial charge in [-0.25, -0.2) is 5.84 Å². The van der Waals surface area contributed by atoms with E-state index in [1.807, 2.05) is 6.92 Å². The molecule has 0 rings (SSSR count). The number of guanidine groups is 1. The first-order valence-corrected chi connectivity index (χ1v) is 2.52. The monoisotopic (exact) mass is 116 g/mol. The minimum absolute atomic E-state index is 0.618. The third-order valence-corrected chi connectivity index (χ3v) is 0.705. The number of rotatable bonds is 1. The van der Waals surface area contributed by atoms with Crippen molar-refractivity contribution >= 4 is 5.96 Å². The number of hydrogen-bond acceptors (Lipinski definition) is 2. The van der Waals surface area contributed by atoms with Crippen molar-refractivity contribution in [3.63, 3.8) is 0 Å². The highest BCUT2D eigenvalue weighted by molar-refractivity contribution is 5.78. The molecule has 0 aromatic heterocycles. The smallest absolute Gasteiger partial charge is 0.205 e. The molecule has 0 heterocycles. The molecule has 0 bridgehead atoms. The van der Waals surface area contributed by atoms with Gasteiger partial charge in [-0.15, -0.1) is 0 Å². The van der Waals surface area contributed by atoms with Crippen molar-refractivity contribution in [3.8, 4) is 0 Å². The highest BCUT2D eigenvalue weighted by atomic mass is 15.3. The zero-order chi connectivity index (χ0) is 6.41. The van der Waals surface area contributed by atoms with Crippen LogP contribution in [0.1, 0.15) is 6.92 Å². The summed E-state index contributed by atoms with van der Waals surface area (Å²) in [6, 6.07) is 0. The highest BCUT2D eigenvalue weighted by Gasteiger charge is 1.84. The van der Waals surface area contributed by atoms with E-state index in [9.17, 15) is 0 Å². The van der Waals surface area contributed by atoms with Crippen LogP contribution in [0, 0.1) is 0 Å². The van der Waals surface area contributed by atoms with E-state index in [0.717, 1.165) is 6.54 Å². The molecule has 0 aromatic rings. The van der Waals surface area contributed by atoms with Crippen LogP contribution in [0.2, 0.25) is 0 Å². The summed E-state index contributed by atoms with van der Waals surface area (Å²) in [7, 11) is 1.66. The van der Waals surface area contributed by atoms with Crippen molar-refractivity contribution in [1.82, 2.24) is 10.7 Å². The van der Waals surface area contributed by atoms with E-state index in [-0.39, 0.29) is 0 Å². The average molecular weight is 116 g/mol. The van der Waals surface area contributed by atoms with E-state index in [1.165, 1.54) is 0 Å². The molecule has 0 atom stereocenters. The van der Waals surface area contributed by atoms with Gasteiger partial charge in [0.2, 0.25) is 5.96 Å². The minimum Gasteiger partial charge on any atom is -0.356 e. The molecule has 0 radical (unpaired) electrons. The van der Waals surface area contributed by atoms with Gasteiger partial charge in [0.1, 0.15) is 0 Å². The summed E-state index contributed by atoms with van der Waals surface area (Å²) in [5.74, 6) is 5.64. The third-order valence-electron chi connectivity index (χ3n) is 0.705. The Morgan fingerprint density at radius 1 is 1.75 bits per heavy atom. The number of nitrogens with two attached hydrogens (primary N) is 1. The molecule has 48 valence electrons. The Balaban J connectivity index is 3.38. The molecule has 8 heavy (non-hydrogen) atoms. The Bertz CT molecular complexity index is 78.1. The Labute approximate surface area is 49.1 Å². The average Bonchev–Trinajstić information content (AvgIpc) is 1.83. The lowest BCUT2D eigenvalue weighted by Crippen LogP contribution is -2.41. The van der Waals surface area contributed by atoms with Crippen molar-refractivity contribution in [2.24, 2.45) is 10.8 Å². The summed E-state index contributed by atoms with van der Waals surface area (Å²) in [6.07, 6.45) is 0. The van der Waals surface area contributed by atoms with Crippen LogP contribution in [0.25, 0.3) is 0 Å². The van der Waals surface area contributed by atoms with Crippen LogP contribution in [0.5, 0.6) is 0 Å². The number of hydrazine groups is 1. The molecule has 0 aliphatic carbocycles. The zero-order valence-corrected chi connectivity index (χ0v) is 5.23. The van der Waals surface area contributed by atoms with E-state index in [4.69, 9.17) is 5.84 Å². The standard InChI is InChI=1S/C4H12N4/c1-3-7-4(6-2)8-5/h3,5H2,1-2H3,(H2,6,7,8). The van der Waals surface area contributed by atoms with Crippen molar-refractivity contribution in [3.05, 3.63) is 0 Å². The van der Waals surface area contributed by atoms with Gasteiger partial charge in [0.05, 0.1) is 0 Å². The summed E-state index contributed by atoms with van der Waals surface area (Å²) in [6.45, 7) is 2.80. The van der Waals surface area contributed by atoms with Crippen molar-refractivity contribution in [2.75, 3.05) is 13.6 Å². The lowest BCUT2D eigenvalue weighted by Gasteiger charge is -2.02. The SMILES string of the molecule is CCNC(=NC)NN. The summed E-state index contributed by atoms with van der Waals surface area (Å²) >= 11 is 0. The second-order valence-corrected chi connectivity index (χ2v) is 1.25. The molecule has 0 spiro atoms. The van der Waals surface area contributed by atoms with Crippen molar-refractivity contribution in [2.45, 2.75) is 6.92 Å². The first-order chi connectivity index (χ1) is 3.85. The van der Waals surface area contributed by atoms with Gasteiger partial charge >= 0.3 is 0 Å². The second-order valence-electron chi connectivity index (χ2n) is 1.25. The number of nitrogens with one attached hydrogen (secondary N) is 2. The molecule has 0 saturated carbocycles. The van der Waals surface area contributed by atoms with Gasteiger partial charge < -0.3 is 5.32 Å². The molecule has 0 saturated heterocycles. The summed E-state index contributed by atoms with van der Waals surface area (Å²) in [5.41, 5.74) is 2.39. The molecular formula is C4H12N4. The van der Waals surface area contributed by atoms with Crippen LogP contribution in [-0.2, 0) is 0 Å². The Morgan fingerprint density at radius 3 is 2.50 bits per heavy atom. The van der Waals surface area contributed by atoms with Gasteiger partial charge in [-0.05, 0) is 6.92 Å². The quantitative estimate of drug-likeness (QED) is 0.179. The number of aliphatic imine (C=N–C) groups is 1. The largest absolute Gasteiger partial charge is 0.356 e. The van der Waals surface area contributed by atoms with Gasteiger partial charge in [-0.3, -0.25) is 10.4 Å². The van der Waals surface area contributed by atoms with E-state index < -0.39 is 0 Å². The molecule has 0 aromatic carbocycles. The molecule has 4 nitrogen and oxygen atoms in total. The lowest BCUT2D eigenvalue weighted by atomic mass is 10.7. The van der Waals surface area contributed by atoms with Crippen molar-refractivity contribution in [1.29, 1.82) is 0 Å². The van der Waals surface area contributed by atoms with E-state index in [2.05, 4.69) is 15.7 Å². The highest BCUT2D eigenvalue weighted by Crippen LogP contribution is 1.58. The van der Waals surface area contributed by atoms with Gasteiger partial charge in [0.25, 0.3) is 0 Å². The number of nitrogens with zero attached hydrogens (tertiary/aromatic N) is 1. The topological polar surface area (TPSA) is 62.4 Å². The second kappa shape index (κ2) is 4.39. The lowest BCUT2D eigenvalue weighted by molar-refractivity contribution is 0.871. The van der Waals surface area contributed by atoms with Crippen LogP contribution in [-0.4, -0.2) is 19.6 Å². The number of hydrogen-bond donors (Lipinski definition) is 3. The summed E-state index contributed by atoms with van der Waals surface area (Å²) in [4.78, 5) is 3.77. The van der Waals surface area contributed by atoms with E-state index >= 15 is 0 Å². The fourth-order valence-electron chi connectivity index (χ4n) is 0.362. The predicted molar refractivity (Wildman–Crippen MR) is 34.4 cm³/mol. The minimum atomic E-state index is 0.618. The zero-order valence-electron chi connectivity index (χ0n) is 5.23. The molecule has 0 aliphatic heterocycles. The van der Waals surface area contributed by atoms with Gasteiger partial charge in [-0.1, -0.05) is 0 Å². The maximum Gasteiger partial charge on any atom is 0.205 e. The first-order valence-electron chi connectivity index (χ1n) is 2.52. The predicted octanol–water partition coefficient (Wildman–Crippen LogP) is -0.955. The molecular weight excluding hydrogens is 104 g/mol. The molecule has 0 aliphatic rings. The van der Waals surface area contributed by atoms with Gasteiger partial charge in [0.15, 0.2) is 0 Å². The molecule has 0 fully saturated rings. The Morgan fingerprint density at radius 2 is 2.38 bits per heavy atom. The van der Waals surface area contributed by atoms with Crippen LogP contribution in [0.15, 0.2) is 4.99 Å². The summed E-state index contributed by atoms with van der Waals surface area (Å²) < 4.78 is 0. The van der Waals surface area contributed by atoms with Crippen LogP contribution in [0.4, 0.5) is 0 Å².